The minimum absolute atomic E-state index is 0. The molecule has 0 saturated heterocycles. The molecule has 108 valence electrons. The molecule has 0 fully saturated rings. The topological polar surface area (TPSA) is 0 Å². The first-order chi connectivity index (χ1) is 6.00. The van der Waals surface area contributed by atoms with Crippen molar-refractivity contribution in [2.45, 2.75) is 58.9 Å². The summed E-state index contributed by atoms with van der Waals surface area (Å²) in [5.41, 5.74) is 0. The Morgan fingerprint density at radius 1 is 0.438 bits per heavy atom. The number of hydrogen-bond acceptors (Lipinski definition) is 0. The SMILES string of the molecule is [CH2-][Si](C)(C)C.[CH2-][Si](C)(C)C.[CH2-][Si](C)(C)C.[Lu+3]. The third kappa shape index (κ3) is 991. The predicted octanol–water partition coefficient (Wildman–Crippen LogP) is 5.09. The minimum atomic E-state index is -0.861. The van der Waals surface area contributed by atoms with Gasteiger partial charge in [0.25, 0.3) is 0 Å². The van der Waals surface area contributed by atoms with Crippen molar-refractivity contribution in [2.75, 3.05) is 0 Å². The Labute approximate surface area is 138 Å². The third-order valence-electron chi connectivity index (χ3n) is 0. The van der Waals surface area contributed by atoms with E-state index in [0.717, 1.165) is 0 Å². The Morgan fingerprint density at radius 3 is 0.438 bits per heavy atom. The van der Waals surface area contributed by atoms with Gasteiger partial charge in [-0.3, -0.25) is 0 Å². The molecule has 0 radical (unpaired) electrons. The third-order valence-corrected chi connectivity index (χ3v) is 0. The standard InChI is InChI=1S/3C4H11Si.Lu/c3*1-5(2,3)4;/h3*1H2,2-4H3;/q3*-1;+3. The van der Waals surface area contributed by atoms with Crippen LogP contribution in [0.4, 0.5) is 0 Å². The zero-order valence-corrected chi connectivity index (χ0v) is 17.5. The molecule has 0 saturated carbocycles. The van der Waals surface area contributed by atoms with Crippen LogP contribution in [-0.2, 0) is 0 Å². The van der Waals surface area contributed by atoms with Crippen LogP contribution in [0.1, 0.15) is 0 Å². The van der Waals surface area contributed by atoms with Crippen molar-refractivity contribution in [1.29, 1.82) is 0 Å². The first-order valence-electron chi connectivity index (χ1n) is 5.56. The summed E-state index contributed by atoms with van der Waals surface area (Å²) in [6.45, 7) is 31.7. The monoisotopic (exact) mass is 436 g/mol. The summed E-state index contributed by atoms with van der Waals surface area (Å²) in [6.07, 6.45) is 0. The van der Waals surface area contributed by atoms with Crippen LogP contribution in [0.3, 0.4) is 0 Å². The van der Waals surface area contributed by atoms with Gasteiger partial charge >= 0.3 is 36.9 Å². The van der Waals surface area contributed by atoms with Crippen molar-refractivity contribution in [3.8, 4) is 0 Å². The second-order valence-electron chi connectivity index (χ2n) is 7.68. The summed E-state index contributed by atoms with van der Waals surface area (Å²) < 4.78 is 0. The van der Waals surface area contributed by atoms with E-state index in [1.165, 1.54) is 0 Å². The fourth-order valence-corrected chi connectivity index (χ4v) is 0. The molecule has 0 spiro atoms. The molecule has 0 rings (SSSR count). The molecule has 0 aromatic carbocycles. The van der Waals surface area contributed by atoms with Crippen LogP contribution in [0.5, 0.6) is 0 Å². The van der Waals surface area contributed by atoms with Crippen LogP contribution in [0, 0.1) is 56.5 Å². The summed E-state index contributed by atoms with van der Waals surface area (Å²) in [7, 11) is -2.58. The molecule has 0 bridgehead atoms. The molecule has 4 heteroatoms. The van der Waals surface area contributed by atoms with Crippen LogP contribution in [-0.4, -0.2) is 24.2 Å². The van der Waals surface area contributed by atoms with E-state index in [1.807, 2.05) is 0 Å². The second-order valence-corrected chi connectivity index (χ2v) is 23.0. The maximum absolute atomic E-state index is 3.91. The second kappa shape index (κ2) is 10.8. The van der Waals surface area contributed by atoms with E-state index in [-0.39, 0.29) is 36.9 Å². The van der Waals surface area contributed by atoms with E-state index in [9.17, 15) is 0 Å². The maximum atomic E-state index is 3.91. The summed E-state index contributed by atoms with van der Waals surface area (Å²) in [5, 5.41) is 0. The van der Waals surface area contributed by atoms with Gasteiger partial charge in [0, 0.05) is 0 Å². The van der Waals surface area contributed by atoms with Gasteiger partial charge in [-0.05, 0) is 0 Å². The smallest absolute Gasteiger partial charge is 0.342 e. The van der Waals surface area contributed by atoms with Crippen LogP contribution >= 0.6 is 0 Å². The van der Waals surface area contributed by atoms with Gasteiger partial charge in [-0.25, -0.2) is 0 Å². The molecule has 0 unspecified atom stereocenters. The van der Waals surface area contributed by atoms with Crippen LogP contribution < -0.4 is 0 Å². The van der Waals surface area contributed by atoms with Crippen LogP contribution in [0.25, 0.3) is 0 Å². The maximum Gasteiger partial charge on any atom is 3.00 e. The summed E-state index contributed by atoms with van der Waals surface area (Å²) in [4.78, 5) is 0. The molecule has 0 aliphatic heterocycles. The fourth-order valence-electron chi connectivity index (χ4n) is 0. The fraction of sp³-hybridized carbons (Fsp3) is 0.750. The number of hydrogen-bond donors (Lipinski definition) is 0. The zero-order valence-electron chi connectivity index (χ0n) is 12.9. The van der Waals surface area contributed by atoms with E-state index in [0.29, 0.717) is 0 Å². The van der Waals surface area contributed by atoms with Crippen molar-refractivity contribution in [1.82, 2.24) is 0 Å². The Morgan fingerprint density at radius 2 is 0.438 bits per heavy atom. The molecular weight excluding hydrogens is 403 g/mol. The predicted molar refractivity (Wildman–Crippen MR) is 86.1 cm³/mol. The van der Waals surface area contributed by atoms with Crippen molar-refractivity contribution >= 4 is 24.2 Å². The Hall–Kier alpha value is 1.88. The average molecular weight is 437 g/mol. The van der Waals surface area contributed by atoms with Gasteiger partial charge in [-0.15, -0.1) is 24.2 Å². The molecule has 16 heavy (non-hydrogen) atoms. The molecule has 0 heterocycles. The Balaban J connectivity index is -0.0000000655. The normalized spacial score (nSPS) is 11.2. The summed E-state index contributed by atoms with van der Waals surface area (Å²) in [5.74, 6) is 0. The van der Waals surface area contributed by atoms with E-state index in [1.54, 1.807) is 0 Å². The molecule has 0 N–H and O–H groups in total. The van der Waals surface area contributed by atoms with Gasteiger partial charge in [0.2, 0.25) is 0 Å². The Bertz CT molecular complexity index is 91.3. The molecule has 0 aliphatic rings. The van der Waals surface area contributed by atoms with Gasteiger partial charge in [-0.2, -0.15) is 0 Å². The quantitative estimate of drug-likeness (QED) is 0.366. The van der Waals surface area contributed by atoms with Crippen LogP contribution in [0.2, 0.25) is 58.9 Å². The van der Waals surface area contributed by atoms with E-state index < -0.39 is 24.2 Å². The molecular formula is C12H33LuSi3. The van der Waals surface area contributed by atoms with Crippen LogP contribution in [0.15, 0.2) is 0 Å². The zero-order chi connectivity index (χ0) is 13.5. The van der Waals surface area contributed by atoms with Gasteiger partial charge < -0.3 is 19.6 Å². The van der Waals surface area contributed by atoms with Gasteiger partial charge in [-0.1, -0.05) is 58.9 Å². The van der Waals surface area contributed by atoms with Crippen molar-refractivity contribution < 1.29 is 36.9 Å². The van der Waals surface area contributed by atoms with E-state index in [2.05, 4.69) is 78.6 Å². The summed E-state index contributed by atoms with van der Waals surface area (Å²) >= 11 is 0. The first-order valence-corrected chi connectivity index (χ1v) is 16.7. The van der Waals surface area contributed by atoms with Crippen molar-refractivity contribution in [3.63, 3.8) is 0 Å². The van der Waals surface area contributed by atoms with Gasteiger partial charge in [0.05, 0.1) is 0 Å². The van der Waals surface area contributed by atoms with Crippen molar-refractivity contribution in [2.24, 2.45) is 0 Å². The molecule has 0 aliphatic carbocycles. The molecule has 0 amide bonds. The molecule has 0 aromatic rings. The molecule has 0 atom stereocenters. The average Bonchev–Trinajstić information content (AvgIpc) is 1.41. The first kappa shape index (κ1) is 26.4. The minimum Gasteiger partial charge on any atom is -0.342 e. The van der Waals surface area contributed by atoms with Gasteiger partial charge in [0.15, 0.2) is 0 Å². The van der Waals surface area contributed by atoms with E-state index in [4.69, 9.17) is 0 Å². The Kier molecular flexibility index (Phi) is 17.8. The number of rotatable bonds is 0. The van der Waals surface area contributed by atoms with E-state index >= 15 is 0 Å². The molecule has 0 nitrogen and oxygen atoms in total. The molecule has 0 aromatic heterocycles. The summed E-state index contributed by atoms with van der Waals surface area (Å²) in [6, 6.07) is 0. The van der Waals surface area contributed by atoms with Gasteiger partial charge in [0.1, 0.15) is 0 Å². The largest absolute Gasteiger partial charge is 3.00 e. The van der Waals surface area contributed by atoms with Crippen molar-refractivity contribution in [3.05, 3.63) is 19.6 Å².